The minimum atomic E-state index is -3.47. The zero-order valence-corrected chi connectivity index (χ0v) is 24.5. The summed E-state index contributed by atoms with van der Waals surface area (Å²) < 4.78 is 45.7. The summed E-state index contributed by atoms with van der Waals surface area (Å²) in [6.45, 7) is 8.45. The summed E-state index contributed by atoms with van der Waals surface area (Å²) in [4.78, 5) is 28.0. The van der Waals surface area contributed by atoms with Gasteiger partial charge in [-0.2, -0.15) is 4.31 Å². The molecule has 0 radical (unpaired) electrons. The molecule has 2 aliphatic carbocycles. The maximum Gasteiger partial charge on any atom is 0.407 e. The standard InChI is InChI=1S/C28H45N3O7S/c1-28(2,3)38-27(33)29-14-23(19-7-5-4-6-8-19)26(32)30-15-20-17-31(18-21(20)16-30)39(34,35)22-9-10-24-25(13-22)37-12-11-36-24/h19,22-25H,4-18H2,1-3H3,(H,29,33)/t22?,23-,24?,25?/m1/s1. The highest BCUT2D eigenvalue weighted by molar-refractivity contribution is 7.89. The average Bonchev–Trinajstić information content (AvgIpc) is 3.48. The van der Waals surface area contributed by atoms with Gasteiger partial charge in [0.2, 0.25) is 15.9 Å². The highest BCUT2D eigenvalue weighted by Crippen LogP contribution is 2.37. The second-order valence-electron chi connectivity index (χ2n) is 12.9. The molecule has 3 heterocycles. The number of carbonyl (C=O) groups excluding carboxylic acids is 2. The number of hydrogen-bond donors (Lipinski definition) is 1. The molecule has 3 aliphatic heterocycles. The third-order valence-electron chi connectivity index (χ3n) is 8.92. The van der Waals surface area contributed by atoms with E-state index in [1.165, 1.54) is 6.42 Å². The molecule has 3 fully saturated rings. The monoisotopic (exact) mass is 567 g/mol. The van der Waals surface area contributed by atoms with Crippen LogP contribution in [-0.2, 0) is 29.0 Å². The van der Waals surface area contributed by atoms with E-state index < -0.39 is 27.0 Å². The molecular weight excluding hydrogens is 522 g/mol. The first-order valence-corrected chi connectivity index (χ1v) is 16.2. The molecule has 0 aromatic carbocycles. The van der Waals surface area contributed by atoms with Gasteiger partial charge in [-0.3, -0.25) is 4.79 Å². The molecule has 11 heteroatoms. The lowest BCUT2D eigenvalue weighted by molar-refractivity contribution is -0.153. The van der Waals surface area contributed by atoms with E-state index >= 15 is 0 Å². The fourth-order valence-electron chi connectivity index (χ4n) is 6.93. The van der Waals surface area contributed by atoms with E-state index in [0.29, 0.717) is 58.7 Å². The highest BCUT2D eigenvalue weighted by Gasteiger charge is 2.45. The van der Waals surface area contributed by atoms with Crippen molar-refractivity contribution in [3.05, 3.63) is 11.1 Å². The molecule has 1 saturated heterocycles. The number of amides is 2. The Morgan fingerprint density at radius 1 is 0.949 bits per heavy atom. The molecule has 5 rings (SSSR count). The van der Waals surface area contributed by atoms with Gasteiger partial charge in [0.15, 0.2) is 0 Å². The van der Waals surface area contributed by atoms with E-state index in [1.54, 1.807) is 4.31 Å². The predicted molar refractivity (Wildman–Crippen MR) is 146 cm³/mol. The van der Waals surface area contributed by atoms with Gasteiger partial charge >= 0.3 is 6.09 Å². The molecule has 0 aromatic heterocycles. The fourth-order valence-corrected chi connectivity index (χ4v) is 8.89. The molecule has 39 heavy (non-hydrogen) atoms. The Labute approximate surface area is 232 Å². The van der Waals surface area contributed by atoms with Crippen LogP contribution in [0.15, 0.2) is 11.1 Å². The van der Waals surface area contributed by atoms with E-state index in [0.717, 1.165) is 36.8 Å². The normalized spacial score (nSPS) is 29.6. The van der Waals surface area contributed by atoms with Crippen molar-refractivity contribution in [2.45, 2.75) is 95.2 Å². The highest BCUT2D eigenvalue weighted by atomic mass is 32.2. The molecular formula is C28H45N3O7S. The van der Waals surface area contributed by atoms with E-state index in [1.807, 2.05) is 25.7 Å². The van der Waals surface area contributed by atoms with Crippen LogP contribution in [0.5, 0.6) is 0 Å². The number of nitrogens with zero attached hydrogens (tertiary/aromatic N) is 2. The average molecular weight is 568 g/mol. The van der Waals surface area contributed by atoms with Crippen molar-refractivity contribution in [3.63, 3.8) is 0 Å². The first-order valence-electron chi connectivity index (χ1n) is 14.7. The predicted octanol–water partition coefficient (Wildman–Crippen LogP) is 2.83. The van der Waals surface area contributed by atoms with Gasteiger partial charge in [0.1, 0.15) is 5.60 Å². The number of nitrogens with one attached hydrogen (secondary N) is 1. The molecule has 3 unspecified atom stereocenters. The number of rotatable bonds is 6. The van der Waals surface area contributed by atoms with Crippen molar-refractivity contribution >= 4 is 22.0 Å². The van der Waals surface area contributed by atoms with E-state index in [4.69, 9.17) is 14.2 Å². The second-order valence-corrected chi connectivity index (χ2v) is 15.1. The Balaban J connectivity index is 1.18. The largest absolute Gasteiger partial charge is 0.444 e. The molecule has 2 saturated carbocycles. The number of alkyl carbamates (subject to hydrolysis) is 1. The van der Waals surface area contributed by atoms with Crippen LogP contribution in [0.25, 0.3) is 0 Å². The van der Waals surface area contributed by atoms with Crippen molar-refractivity contribution in [2.75, 3.05) is 45.9 Å². The van der Waals surface area contributed by atoms with Crippen molar-refractivity contribution in [3.8, 4) is 0 Å². The molecule has 5 aliphatic rings. The van der Waals surface area contributed by atoms with Gasteiger partial charge in [-0.05, 0) is 69.9 Å². The number of ether oxygens (including phenoxy) is 3. The zero-order valence-electron chi connectivity index (χ0n) is 23.7. The minimum absolute atomic E-state index is 0.00778. The summed E-state index contributed by atoms with van der Waals surface area (Å²) in [6.07, 6.45) is 6.48. The van der Waals surface area contributed by atoms with Gasteiger partial charge < -0.3 is 24.4 Å². The minimum Gasteiger partial charge on any atom is -0.444 e. The molecule has 0 bridgehead atoms. The van der Waals surface area contributed by atoms with Crippen LogP contribution in [0.3, 0.4) is 0 Å². The SMILES string of the molecule is CC(C)(C)OC(=O)NC[C@@H](C(=O)N1CC2=C(C1)CN(S(=O)(=O)C1CCC3OCCOC3C1)C2)C1CCCCC1. The van der Waals surface area contributed by atoms with Crippen LogP contribution in [0.2, 0.25) is 0 Å². The van der Waals surface area contributed by atoms with Crippen LogP contribution in [0.4, 0.5) is 4.79 Å². The van der Waals surface area contributed by atoms with Crippen LogP contribution in [-0.4, -0.2) is 98.6 Å². The smallest absolute Gasteiger partial charge is 0.407 e. The molecule has 220 valence electrons. The Hall–Kier alpha value is -1.69. The first kappa shape index (κ1) is 28.8. The van der Waals surface area contributed by atoms with Crippen molar-refractivity contribution < 1.29 is 32.2 Å². The van der Waals surface area contributed by atoms with Gasteiger partial charge in [0.25, 0.3) is 0 Å². The van der Waals surface area contributed by atoms with E-state index in [2.05, 4.69) is 5.32 Å². The van der Waals surface area contributed by atoms with E-state index in [-0.39, 0.29) is 36.5 Å². The number of hydrogen-bond acceptors (Lipinski definition) is 7. The van der Waals surface area contributed by atoms with Crippen LogP contribution >= 0.6 is 0 Å². The lowest BCUT2D eigenvalue weighted by Crippen LogP contribution is -2.49. The number of sulfonamides is 1. The summed E-state index contributed by atoms with van der Waals surface area (Å²) in [7, 11) is -3.47. The summed E-state index contributed by atoms with van der Waals surface area (Å²) in [5, 5.41) is 2.39. The van der Waals surface area contributed by atoms with Crippen molar-refractivity contribution in [1.29, 1.82) is 0 Å². The molecule has 10 nitrogen and oxygen atoms in total. The van der Waals surface area contributed by atoms with Gasteiger partial charge in [-0.15, -0.1) is 0 Å². The summed E-state index contributed by atoms with van der Waals surface area (Å²) in [5.74, 6) is -0.0188. The van der Waals surface area contributed by atoms with Crippen LogP contribution in [0.1, 0.15) is 72.1 Å². The molecule has 0 aromatic rings. The Kier molecular flexibility index (Phi) is 8.62. The third-order valence-corrected chi connectivity index (χ3v) is 11.2. The molecule has 0 spiro atoms. The Bertz CT molecular complexity index is 1050. The van der Waals surface area contributed by atoms with Gasteiger partial charge in [0, 0.05) is 32.7 Å². The van der Waals surface area contributed by atoms with Crippen LogP contribution < -0.4 is 5.32 Å². The fraction of sp³-hybridized carbons (Fsp3) is 0.857. The lowest BCUT2D eigenvalue weighted by atomic mass is 9.79. The summed E-state index contributed by atoms with van der Waals surface area (Å²) >= 11 is 0. The second kappa shape index (κ2) is 11.7. The Morgan fingerprint density at radius 2 is 1.59 bits per heavy atom. The third kappa shape index (κ3) is 6.63. The van der Waals surface area contributed by atoms with Gasteiger partial charge in [-0.1, -0.05) is 19.3 Å². The number of fused-ring (bicyclic) bond motifs is 1. The van der Waals surface area contributed by atoms with Crippen molar-refractivity contribution in [1.82, 2.24) is 14.5 Å². The quantitative estimate of drug-likeness (QED) is 0.491. The zero-order chi connectivity index (χ0) is 27.8. The first-order chi connectivity index (χ1) is 18.5. The lowest BCUT2D eigenvalue weighted by Gasteiger charge is -2.39. The topological polar surface area (TPSA) is 114 Å². The molecule has 2 amide bonds. The van der Waals surface area contributed by atoms with Gasteiger partial charge in [0.05, 0.1) is 36.6 Å². The number of carbonyl (C=O) groups is 2. The maximum atomic E-state index is 13.8. The van der Waals surface area contributed by atoms with Crippen molar-refractivity contribution in [2.24, 2.45) is 11.8 Å². The van der Waals surface area contributed by atoms with Gasteiger partial charge in [-0.25, -0.2) is 13.2 Å². The Morgan fingerprint density at radius 3 is 2.23 bits per heavy atom. The maximum absolute atomic E-state index is 13.8. The molecule has 4 atom stereocenters. The molecule has 1 N–H and O–H groups in total. The summed E-state index contributed by atoms with van der Waals surface area (Å²) in [5.41, 5.74) is 1.48. The van der Waals surface area contributed by atoms with Crippen LogP contribution in [0, 0.1) is 11.8 Å². The summed E-state index contributed by atoms with van der Waals surface area (Å²) in [6, 6.07) is 0. The van der Waals surface area contributed by atoms with E-state index in [9.17, 15) is 18.0 Å².